The number of fused-ring (bicyclic) bond motifs is 1. The third-order valence-corrected chi connectivity index (χ3v) is 6.63. The summed E-state index contributed by atoms with van der Waals surface area (Å²) in [6.07, 6.45) is 3.49. The quantitative estimate of drug-likeness (QED) is 0.619. The van der Waals surface area contributed by atoms with E-state index in [-0.39, 0.29) is 17.2 Å². The van der Waals surface area contributed by atoms with E-state index in [1.165, 1.54) is 8.97 Å². The lowest BCUT2D eigenvalue weighted by molar-refractivity contribution is 0.277. The maximum absolute atomic E-state index is 12.5. The molecule has 1 aromatic carbocycles. The number of aryl methyl sites for hydroxylation is 1. The molecule has 0 saturated carbocycles. The summed E-state index contributed by atoms with van der Waals surface area (Å²) in [4.78, 5) is 19.3. The lowest BCUT2D eigenvalue weighted by Crippen LogP contribution is -2.42. The zero-order valence-electron chi connectivity index (χ0n) is 14.8. The Labute approximate surface area is 162 Å². The monoisotopic (exact) mass is 406 g/mol. The van der Waals surface area contributed by atoms with Crippen molar-refractivity contribution < 1.29 is 8.76 Å². The summed E-state index contributed by atoms with van der Waals surface area (Å²) in [5, 5.41) is 0.612. The Balaban J connectivity index is 1.73. The molecule has 1 fully saturated rings. The van der Waals surface area contributed by atoms with Crippen LogP contribution in [0.25, 0.3) is 16.8 Å². The third-order valence-electron chi connectivity index (χ3n) is 4.79. The van der Waals surface area contributed by atoms with Crippen molar-refractivity contribution in [3.05, 3.63) is 57.9 Å². The SMILES string of the molecule is Cn1cc(-c2cccc(Cl)c2)c2nc(CN3CC[S+](=O)([O-])CC3)cn2c1=O. The van der Waals surface area contributed by atoms with Gasteiger partial charge in [-0.25, -0.2) is 9.78 Å². The number of hydrogen-bond donors (Lipinski definition) is 0. The fourth-order valence-electron chi connectivity index (χ4n) is 3.31. The second-order valence-corrected chi connectivity index (χ2v) is 9.54. The lowest BCUT2D eigenvalue weighted by atomic mass is 10.1. The van der Waals surface area contributed by atoms with Crippen molar-refractivity contribution in [3.63, 3.8) is 0 Å². The lowest BCUT2D eigenvalue weighted by Gasteiger charge is -2.29. The van der Waals surface area contributed by atoms with Crippen LogP contribution in [0.3, 0.4) is 0 Å². The highest BCUT2D eigenvalue weighted by atomic mass is 35.5. The molecule has 0 spiro atoms. The minimum absolute atomic E-state index is 0.163. The van der Waals surface area contributed by atoms with E-state index in [0.29, 0.717) is 30.3 Å². The largest absolute Gasteiger partial charge is 0.615 e. The van der Waals surface area contributed by atoms with E-state index in [1.54, 1.807) is 25.5 Å². The van der Waals surface area contributed by atoms with Gasteiger partial charge in [-0.1, -0.05) is 23.7 Å². The molecular weight excluding hydrogens is 388 g/mol. The fraction of sp³-hybridized carbons (Fsp3) is 0.333. The average molecular weight is 407 g/mol. The van der Waals surface area contributed by atoms with Crippen LogP contribution in [0.1, 0.15) is 5.69 Å². The van der Waals surface area contributed by atoms with E-state index >= 15 is 0 Å². The van der Waals surface area contributed by atoms with Gasteiger partial charge in [0.2, 0.25) is 0 Å². The van der Waals surface area contributed by atoms with Gasteiger partial charge in [0.1, 0.15) is 11.5 Å². The molecule has 9 heteroatoms. The Morgan fingerprint density at radius 3 is 2.70 bits per heavy atom. The van der Waals surface area contributed by atoms with Gasteiger partial charge in [-0.05, 0) is 17.7 Å². The molecule has 0 amide bonds. The van der Waals surface area contributed by atoms with Crippen LogP contribution in [0.15, 0.2) is 41.5 Å². The van der Waals surface area contributed by atoms with Gasteiger partial charge >= 0.3 is 5.69 Å². The second kappa shape index (κ2) is 6.87. The van der Waals surface area contributed by atoms with Gasteiger partial charge in [0.15, 0.2) is 5.65 Å². The standard InChI is InChI=1S/C18H19ClN4O3S/c1-21-12-16(13-3-2-4-14(19)9-13)17-20-15(11-23(17)18(21)24)10-22-5-7-27(25,26)8-6-22/h2-4,9,11-12H,5-8,10H2,1H3. The molecule has 1 aliphatic rings. The first kappa shape index (κ1) is 18.4. The van der Waals surface area contributed by atoms with Crippen LogP contribution in [-0.2, 0) is 28.0 Å². The molecule has 0 aliphatic carbocycles. The normalized spacial score (nSPS) is 17.4. The van der Waals surface area contributed by atoms with E-state index in [1.807, 2.05) is 23.1 Å². The number of benzene rings is 1. The fourth-order valence-corrected chi connectivity index (χ4v) is 4.78. The number of sulfone groups is 1. The minimum atomic E-state index is -2.92. The highest BCUT2D eigenvalue weighted by Crippen LogP contribution is 2.26. The number of nitrogens with zero attached hydrogens (tertiary/aromatic N) is 4. The molecule has 4 rings (SSSR count). The Bertz CT molecular complexity index is 1110. The van der Waals surface area contributed by atoms with Gasteiger partial charge in [-0.2, -0.15) is 0 Å². The van der Waals surface area contributed by atoms with Gasteiger partial charge in [0.25, 0.3) is 0 Å². The van der Waals surface area contributed by atoms with Gasteiger partial charge in [-0.3, -0.25) is 9.30 Å². The number of halogens is 1. The molecule has 0 atom stereocenters. The smallest absolute Gasteiger partial charge is 0.333 e. The first-order valence-electron chi connectivity index (χ1n) is 8.59. The molecule has 1 saturated heterocycles. The zero-order chi connectivity index (χ0) is 19.2. The first-order valence-corrected chi connectivity index (χ1v) is 10.8. The van der Waals surface area contributed by atoms with Crippen LogP contribution in [0.5, 0.6) is 0 Å². The molecule has 1 aliphatic heterocycles. The maximum atomic E-state index is 12.5. The molecule has 2 aromatic heterocycles. The zero-order valence-corrected chi connectivity index (χ0v) is 16.4. The Morgan fingerprint density at radius 1 is 1.26 bits per heavy atom. The molecular formula is C18H19ClN4O3S. The highest BCUT2D eigenvalue weighted by Gasteiger charge is 2.26. The van der Waals surface area contributed by atoms with E-state index in [2.05, 4.69) is 4.98 Å². The van der Waals surface area contributed by atoms with Gasteiger partial charge < -0.3 is 9.12 Å². The van der Waals surface area contributed by atoms with Crippen molar-refractivity contribution >= 4 is 27.5 Å². The van der Waals surface area contributed by atoms with E-state index < -0.39 is 10.2 Å². The molecule has 3 aromatic rings. The van der Waals surface area contributed by atoms with Crippen molar-refractivity contribution in [3.8, 4) is 11.1 Å². The first-order chi connectivity index (χ1) is 12.8. The van der Waals surface area contributed by atoms with Crippen molar-refractivity contribution in [2.45, 2.75) is 6.54 Å². The molecule has 142 valence electrons. The van der Waals surface area contributed by atoms with E-state index in [9.17, 15) is 13.6 Å². The summed E-state index contributed by atoms with van der Waals surface area (Å²) in [5.41, 5.74) is 2.81. The molecule has 0 unspecified atom stereocenters. The van der Waals surface area contributed by atoms with Crippen LogP contribution < -0.4 is 5.69 Å². The van der Waals surface area contributed by atoms with Crippen molar-refractivity contribution in [1.82, 2.24) is 18.9 Å². The summed E-state index contributed by atoms with van der Waals surface area (Å²) < 4.78 is 26.2. The summed E-state index contributed by atoms with van der Waals surface area (Å²) in [5.74, 6) is 0.325. The molecule has 3 heterocycles. The van der Waals surface area contributed by atoms with Crippen molar-refractivity contribution in [1.29, 1.82) is 0 Å². The van der Waals surface area contributed by atoms with Crippen LogP contribution in [0.2, 0.25) is 5.02 Å². The molecule has 27 heavy (non-hydrogen) atoms. The maximum Gasteiger partial charge on any atom is 0.333 e. The average Bonchev–Trinajstić information content (AvgIpc) is 3.04. The number of hydrogen-bond acceptors (Lipinski definition) is 5. The Hall–Kier alpha value is -2.00. The molecule has 0 N–H and O–H groups in total. The van der Waals surface area contributed by atoms with Gasteiger partial charge in [0, 0.05) is 59.9 Å². The van der Waals surface area contributed by atoms with E-state index in [0.717, 1.165) is 16.8 Å². The number of rotatable bonds is 3. The topological polar surface area (TPSA) is 82.7 Å². The van der Waals surface area contributed by atoms with Gasteiger partial charge in [0.05, 0.1) is 5.69 Å². The van der Waals surface area contributed by atoms with Crippen LogP contribution in [0.4, 0.5) is 0 Å². The predicted octanol–water partition coefficient (Wildman–Crippen LogP) is 1.80. The van der Waals surface area contributed by atoms with Crippen LogP contribution in [0, 0.1) is 0 Å². The predicted molar refractivity (Wildman–Crippen MR) is 105 cm³/mol. The summed E-state index contributed by atoms with van der Waals surface area (Å²) in [6, 6.07) is 7.42. The van der Waals surface area contributed by atoms with Crippen LogP contribution in [-0.4, -0.2) is 48.0 Å². The summed E-state index contributed by atoms with van der Waals surface area (Å²) in [6.45, 7) is 1.47. The van der Waals surface area contributed by atoms with Gasteiger partial charge in [-0.15, -0.1) is 4.21 Å². The highest BCUT2D eigenvalue weighted by molar-refractivity contribution is 7.97. The summed E-state index contributed by atoms with van der Waals surface area (Å²) >= 11 is 6.12. The number of aromatic nitrogens is 3. The Kier molecular flexibility index (Phi) is 4.67. The van der Waals surface area contributed by atoms with Crippen LogP contribution >= 0.6 is 11.6 Å². The summed E-state index contributed by atoms with van der Waals surface area (Å²) in [7, 11) is -1.23. The molecule has 0 radical (unpaired) electrons. The third kappa shape index (κ3) is 3.70. The second-order valence-electron chi connectivity index (χ2n) is 6.80. The van der Waals surface area contributed by atoms with Crippen molar-refractivity contribution in [2.75, 3.05) is 24.6 Å². The Morgan fingerprint density at radius 2 is 2.00 bits per heavy atom. The van der Waals surface area contributed by atoms with E-state index in [4.69, 9.17) is 11.6 Å². The number of imidazole rings is 1. The minimum Gasteiger partial charge on any atom is -0.615 e. The molecule has 0 bridgehead atoms. The molecule has 7 nitrogen and oxygen atoms in total. The van der Waals surface area contributed by atoms with Crippen molar-refractivity contribution in [2.24, 2.45) is 7.05 Å².